The number of pyridine rings is 1. The molecule has 1 aliphatic heterocycles. The fourth-order valence-electron chi connectivity index (χ4n) is 2.21. The number of amides is 1. The maximum atomic E-state index is 11.7. The van der Waals surface area contributed by atoms with Gasteiger partial charge in [0.15, 0.2) is 0 Å². The van der Waals surface area contributed by atoms with Crippen LogP contribution in [0.4, 0.5) is 5.69 Å². The second-order valence-electron chi connectivity index (χ2n) is 4.86. The zero-order valence-electron chi connectivity index (χ0n) is 9.00. The third-order valence-electron chi connectivity index (χ3n) is 3.46. The number of carbonyl (C=O) groups excluding carboxylic acids is 1. The molecule has 1 aromatic heterocycles. The van der Waals surface area contributed by atoms with Crippen LogP contribution in [0.2, 0.25) is 0 Å². The van der Waals surface area contributed by atoms with Crippen LogP contribution < -0.4 is 5.32 Å². The van der Waals surface area contributed by atoms with Crippen LogP contribution >= 0.6 is 0 Å². The standard InChI is InChI=1S/C12H14N2O/c1-7(2)8-5-9-10(13-6-8)12(3-4-12)11(15)14-9/h5-7H,3-4H2,1-2H3,(H,14,15). The minimum Gasteiger partial charge on any atom is -0.324 e. The molecule has 0 aromatic carbocycles. The predicted octanol–water partition coefficient (Wildman–Crippen LogP) is 2.19. The van der Waals surface area contributed by atoms with Crippen molar-refractivity contribution in [1.29, 1.82) is 0 Å². The van der Waals surface area contributed by atoms with Crippen LogP contribution in [0.25, 0.3) is 0 Å². The summed E-state index contributed by atoms with van der Waals surface area (Å²) in [7, 11) is 0. The van der Waals surface area contributed by atoms with Gasteiger partial charge in [-0.25, -0.2) is 0 Å². The van der Waals surface area contributed by atoms with Gasteiger partial charge in [0.25, 0.3) is 0 Å². The van der Waals surface area contributed by atoms with Crippen molar-refractivity contribution in [3.63, 3.8) is 0 Å². The number of fused-ring (bicyclic) bond motifs is 2. The van der Waals surface area contributed by atoms with Crippen LogP contribution in [0.3, 0.4) is 0 Å². The third kappa shape index (κ3) is 1.06. The first-order valence-corrected chi connectivity index (χ1v) is 5.45. The number of nitrogens with zero attached hydrogens (tertiary/aromatic N) is 1. The Hall–Kier alpha value is -1.38. The van der Waals surface area contributed by atoms with Gasteiger partial charge in [-0.2, -0.15) is 0 Å². The summed E-state index contributed by atoms with van der Waals surface area (Å²) in [4.78, 5) is 16.2. The molecule has 1 spiro atoms. The molecule has 0 unspecified atom stereocenters. The monoisotopic (exact) mass is 202 g/mol. The molecule has 2 heterocycles. The number of nitrogens with one attached hydrogen (secondary N) is 1. The van der Waals surface area contributed by atoms with Crippen molar-refractivity contribution in [3.8, 4) is 0 Å². The van der Waals surface area contributed by atoms with Crippen LogP contribution in [0, 0.1) is 0 Å². The summed E-state index contributed by atoms with van der Waals surface area (Å²) in [5, 5.41) is 2.94. The van der Waals surface area contributed by atoms with E-state index in [0.29, 0.717) is 5.92 Å². The highest BCUT2D eigenvalue weighted by atomic mass is 16.2. The zero-order chi connectivity index (χ0) is 10.6. The first-order valence-electron chi connectivity index (χ1n) is 5.45. The Morgan fingerprint density at radius 1 is 1.47 bits per heavy atom. The Kier molecular flexibility index (Phi) is 1.54. The maximum Gasteiger partial charge on any atom is 0.236 e. The molecule has 1 aliphatic carbocycles. The van der Waals surface area contributed by atoms with Crippen molar-refractivity contribution < 1.29 is 4.79 Å². The van der Waals surface area contributed by atoms with Gasteiger partial charge >= 0.3 is 0 Å². The largest absolute Gasteiger partial charge is 0.324 e. The fraction of sp³-hybridized carbons (Fsp3) is 0.500. The van der Waals surface area contributed by atoms with E-state index in [0.717, 1.165) is 24.2 Å². The van der Waals surface area contributed by atoms with E-state index in [9.17, 15) is 4.79 Å². The van der Waals surface area contributed by atoms with E-state index in [2.05, 4.69) is 30.2 Å². The van der Waals surface area contributed by atoms with Crippen LogP contribution in [-0.2, 0) is 10.2 Å². The molecule has 0 atom stereocenters. The molecular weight excluding hydrogens is 188 g/mol. The molecule has 78 valence electrons. The quantitative estimate of drug-likeness (QED) is 0.758. The number of aromatic nitrogens is 1. The van der Waals surface area contributed by atoms with Gasteiger partial charge in [0.05, 0.1) is 16.8 Å². The molecule has 0 bridgehead atoms. The summed E-state index contributed by atoms with van der Waals surface area (Å²) in [5.74, 6) is 0.598. The highest BCUT2D eigenvalue weighted by Gasteiger charge is 2.57. The van der Waals surface area contributed by atoms with E-state index in [1.165, 1.54) is 5.56 Å². The lowest BCUT2D eigenvalue weighted by Crippen LogP contribution is -2.18. The van der Waals surface area contributed by atoms with Crippen LogP contribution in [0.15, 0.2) is 12.3 Å². The van der Waals surface area contributed by atoms with E-state index in [1.54, 1.807) is 0 Å². The molecular formula is C12H14N2O. The van der Waals surface area contributed by atoms with E-state index in [-0.39, 0.29) is 11.3 Å². The number of hydrogen-bond acceptors (Lipinski definition) is 2. The normalized spacial score (nSPS) is 20.6. The Morgan fingerprint density at radius 2 is 2.20 bits per heavy atom. The molecule has 3 rings (SSSR count). The van der Waals surface area contributed by atoms with E-state index >= 15 is 0 Å². The van der Waals surface area contributed by atoms with Crippen LogP contribution in [0.1, 0.15) is 43.9 Å². The Labute approximate surface area is 88.9 Å². The van der Waals surface area contributed by atoms with Gasteiger partial charge in [-0.05, 0) is 30.4 Å². The second kappa shape index (κ2) is 2.60. The highest BCUT2D eigenvalue weighted by molar-refractivity contribution is 6.07. The first kappa shape index (κ1) is 8.89. The fourth-order valence-corrected chi connectivity index (χ4v) is 2.21. The molecule has 0 radical (unpaired) electrons. The molecule has 2 aliphatic rings. The predicted molar refractivity (Wildman–Crippen MR) is 57.9 cm³/mol. The van der Waals surface area contributed by atoms with Gasteiger partial charge in [-0.1, -0.05) is 13.8 Å². The number of hydrogen-bond donors (Lipinski definition) is 1. The average molecular weight is 202 g/mol. The minimum atomic E-state index is -0.245. The van der Waals surface area contributed by atoms with Crippen molar-refractivity contribution in [2.75, 3.05) is 5.32 Å². The van der Waals surface area contributed by atoms with Gasteiger partial charge in [-0.3, -0.25) is 9.78 Å². The van der Waals surface area contributed by atoms with Crippen molar-refractivity contribution in [1.82, 2.24) is 4.98 Å². The Bertz CT molecular complexity index is 447. The Morgan fingerprint density at radius 3 is 2.80 bits per heavy atom. The van der Waals surface area contributed by atoms with Gasteiger partial charge < -0.3 is 5.32 Å². The molecule has 1 fully saturated rings. The molecule has 0 saturated heterocycles. The SMILES string of the molecule is CC(C)c1cnc2c(c1)NC(=O)C21CC1. The van der Waals surface area contributed by atoms with Gasteiger partial charge in [0.1, 0.15) is 0 Å². The Balaban J connectivity index is 2.10. The zero-order valence-corrected chi connectivity index (χ0v) is 9.00. The highest BCUT2D eigenvalue weighted by Crippen LogP contribution is 2.54. The van der Waals surface area contributed by atoms with E-state index in [4.69, 9.17) is 0 Å². The molecule has 1 saturated carbocycles. The first-order chi connectivity index (χ1) is 7.13. The second-order valence-corrected chi connectivity index (χ2v) is 4.86. The average Bonchev–Trinajstić information content (AvgIpc) is 2.93. The topological polar surface area (TPSA) is 42.0 Å². The summed E-state index contributed by atoms with van der Waals surface area (Å²) in [5.41, 5.74) is 2.84. The molecule has 15 heavy (non-hydrogen) atoms. The summed E-state index contributed by atoms with van der Waals surface area (Å²) in [6.45, 7) is 4.26. The lowest BCUT2D eigenvalue weighted by atomic mass is 10.0. The summed E-state index contributed by atoms with van der Waals surface area (Å²) < 4.78 is 0. The van der Waals surface area contributed by atoms with Crippen molar-refractivity contribution in [3.05, 3.63) is 23.5 Å². The van der Waals surface area contributed by atoms with Gasteiger partial charge in [0, 0.05) is 6.20 Å². The summed E-state index contributed by atoms with van der Waals surface area (Å²) in [6.07, 6.45) is 3.82. The van der Waals surface area contributed by atoms with Gasteiger partial charge in [-0.15, -0.1) is 0 Å². The lowest BCUT2D eigenvalue weighted by molar-refractivity contribution is -0.117. The maximum absolute atomic E-state index is 11.7. The van der Waals surface area contributed by atoms with Crippen molar-refractivity contribution in [2.24, 2.45) is 0 Å². The third-order valence-corrected chi connectivity index (χ3v) is 3.46. The van der Waals surface area contributed by atoms with E-state index in [1.807, 2.05) is 6.20 Å². The lowest BCUT2D eigenvalue weighted by Gasteiger charge is -2.07. The van der Waals surface area contributed by atoms with Crippen LogP contribution in [0.5, 0.6) is 0 Å². The molecule has 1 amide bonds. The van der Waals surface area contributed by atoms with Crippen LogP contribution in [-0.4, -0.2) is 10.9 Å². The number of carbonyl (C=O) groups is 1. The van der Waals surface area contributed by atoms with E-state index < -0.39 is 0 Å². The van der Waals surface area contributed by atoms with Crippen molar-refractivity contribution >= 4 is 11.6 Å². The number of anilines is 1. The smallest absolute Gasteiger partial charge is 0.236 e. The molecule has 3 heteroatoms. The minimum absolute atomic E-state index is 0.144. The number of rotatable bonds is 1. The summed E-state index contributed by atoms with van der Waals surface area (Å²) in [6, 6.07) is 2.07. The van der Waals surface area contributed by atoms with Gasteiger partial charge in [0.2, 0.25) is 5.91 Å². The van der Waals surface area contributed by atoms with Crippen molar-refractivity contribution in [2.45, 2.75) is 38.0 Å². The summed E-state index contributed by atoms with van der Waals surface area (Å²) >= 11 is 0. The molecule has 1 N–H and O–H groups in total. The molecule has 3 nitrogen and oxygen atoms in total. The molecule has 1 aromatic rings.